The molecule has 0 radical (unpaired) electrons. The van der Waals surface area contributed by atoms with Gasteiger partial charge in [-0.3, -0.25) is 9.59 Å². The van der Waals surface area contributed by atoms with Crippen molar-refractivity contribution in [2.45, 2.75) is 212 Å². The molecular formula is C41H76O7. The van der Waals surface area contributed by atoms with Gasteiger partial charge in [0.25, 0.3) is 0 Å². The Bertz CT molecular complexity index is 766. The van der Waals surface area contributed by atoms with Crippen molar-refractivity contribution in [3.63, 3.8) is 0 Å². The highest BCUT2D eigenvalue weighted by atomic mass is 16.6. The van der Waals surface area contributed by atoms with Crippen molar-refractivity contribution in [3.05, 3.63) is 24.3 Å². The number of hydrogen-bond donors (Lipinski definition) is 3. The molecule has 0 amide bonds. The highest BCUT2D eigenvalue weighted by molar-refractivity contribution is 5.70. The molecule has 0 spiro atoms. The van der Waals surface area contributed by atoms with E-state index in [0.717, 1.165) is 64.2 Å². The van der Waals surface area contributed by atoms with Gasteiger partial charge in [0.15, 0.2) is 6.10 Å². The summed E-state index contributed by atoms with van der Waals surface area (Å²) in [6, 6.07) is 0. The summed E-state index contributed by atoms with van der Waals surface area (Å²) in [5.41, 5.74) is 0. The van der Waals surface area contributed by atoms with Crippen molar-refractivity contribution < 1.29 is 34.4 Å². The lowest BCUT2D eigenvalue weighted by Crippen LogP contribution is -2.44. The molecule has 0 aromatic rings. The van der Waals surface area contributed by atoms with Crippen LogP contribution < -0.4 is 0 Å². The minimum absolute atomic E-state index is 0.194. The summed E-state index contributed by atoms with van der Waals surface area (Å²) in [6.45, 7) is 3.46. The zero-order valence-electron chi connectivity index (χ0n) is 31.2. The first-order chi connectivity index (χ1) is 23.5. The molecular weight excluding hydrogens is 604 g/mol. The summed E-state index contributed by atoms with van der Waals surface area (Å²) in [5.74, 6) is -0.924. The van der Waals surface area contributed by atoms with Gasteiger partial charge in [-0.2, -0.15) is 0 Å². The number of aliphatic hydroxyl groups is 3. The van der Waals surface area contributed by atoms with Gasteiger partial charge in [-0.05, 0) is 64.2 Å². The fourth-order valence-electron chi connectivity index (χ4n) is 5.71. The van der Waals surface area contributed by atoms with Crippen molar-refractivity contribution in [2.75, 3.05) is 13.2 Å². The van der Waals surface area contributed by atoms with E-state index < -0.39 is 36.9 Å². The Morgan fingerprint density at radius 3 is 1.27 bits per heavy atom. The molecule has 0 rings (SSSR count). The van der Waals surface area contributed by atoms with Crippen molar-refractivity contribution in [2.24, 2.45) is 0 Å². The quantitative estimate of drug-likeness (QED) is 0.0343. The largest absolute Gasteiger partial charge is 0.462 e. The first-order valence-corrected chi connectivity index (χ1v) is 20.1. The van der Waals surface area contributed by atoms with Crippen LogP contribution in [0, 0.1) is 0 Å². The van der Waals surface area contributed by atoms with Crippen LogP contribution in [-0.4, -0.2) is 58.8 Å². The number of aliphatic hydroxyl groups excluding tert-OH is 3. The standard InChI is InChI=1S/C41H76O7/c1-3-5-7-9-11-13-15-17-19-21-23-25-27-29-31-33-39(44)47-36-38(41(46)37(43)35-42)48-40(45)34-32-30-28-26-24-22-20-18-16-14-12-10-8-6-4-2/h17-20,37-38,41-43,46H,3-16,21-36H2,1-2H3/t37-,38-,41-/m1/s1. The van der Waals surface area contributed by atoms with Gasteiger partial charge in [-0.25, -0.2) is 0 Å². The van der Waals surface area contributed by atoms with Crippen LogP contribution in [0.1, 0.15) is 194 Å². The average Bonchev–Trinajstić information content (AvgIpc) is 3.09. The van der Waals surface area contributed by atoms with Crippen LogP contribution in [0.3, 0.4) is 0 Å². The van der Waals surface area contributed by atoms with Crippen LogP contribution in [0.5, 0.6) is 0 Å². The third-order valence-electron chi connectivity index (χ3n) is 8.94. The number of esters is 2. The van der Waals surface area contributed by atoms with Gasteiger partial charge in [0.05, 0.1) is 6.61 Å². The lowest BCUT2D eigenvalue weighted by Gasteiger charge is -2.25. The van der Waals surface area contributed by atoms with E-state index in [9.17, 15) is 24.9 Å². The van der Waals surface area contributed by atoms with Gasteiger partial charge in [-0.1, -0.05) is 141 Å². The maximum atomic E-state index is 12.4. The Hall–Kier alpha value is -1.70. The van der Waals surface area contributed by atoms with Gasteiger partial charge in [0.2, 0.25) is 0 Å². The number of allylic oxidation sites excluding steroid dienone is 4. The van der Waals surface area contributed by atoms with E-state index in [0.29, 0.717) is 12.8 Å². The first kappa shape index (κ1) is 46.3. The highest BCUT2D eigenvalue weighted by Gasteiger charge is 2.30. The van der Waals surface area contributed by atoms with E-state index in [-0.39, 0.29) is 19.4 Å². The zero-order valence-corrected chi connectivity index (χ0v) is 31.2. The van der Waals surface area contributed by atoms with Crippen molar-refractivity contribution in [1.82, 2.24) is 0 Å². The minimum atomic E-state index is -1.54. The average molecular weight is 681 g/mol. The van der Waals surface area contributed by atoms with Crippen LogP contribution in [0.2, 0.25) is 0 Å². The molecule has 3 atom stereocenters. The van der Waals surface area contributed by atoms with Crippen LogP contribution in [0.4, 0.5) is 0 Å². The smallest absolute Gasteiger partial charge is 0.306 e. The van der Waals surface area contributed by atoms with Crippen LogP contribution in [0.15, 0.2) is 24.3 Å². The molecule has 48 heavy (non-hydrogen) atoms. The summed E-state index contributed by atoms with van der Waals surface area (Å²) < 4.78 is 10.7. The normalized spacial score (nSPS) is 13.7. The molecule has 0 unspecified atom stereocenters. The Morgan fingerprint density at radius 2 is 0.875 bits per heavy atom. The SMILES string of the molecule is CCCCCCCCC=CCCCCCCCC(=O)OC[C@@H](OC(=O)CCCCCCCC=CCCCCCCCC)[C@H](O)[C@H](O)CO. The third kappa shape index (κ3) is 31.6. The minimum Gasteiger partial charge on any atom is -0.462 e. The topological polar surface area (TPSA) is 113 Å². The monoisotopic (exact) mass is 681 g/mol. The fourth-order valence-corrected chi connectivity index (χ4v) is 5.71. The third-order valence-corrected chi connectivity index (χ3v) is 8.94. The van der Waals surface area contributed by atoms with Crippen LogP contribution in [0.25, 0.3) is 0 Å². The molecule has 7 nitrogen and oxygen atoms in total. The molecule has 0 saturated carbocycles. The van der Waals surface area contributed by atoms with E-state index in [2.05, 4.69) is 38.2 Å². The number of unbranched alkanes of at least 4 members (excludes halogenated alkanes) is 22. The molecule has 7 heteroatoms. The lowest BCUT2D eigenvalue weighted by atomic mass is 10.1. The Labute approximate surface area is 295 Å². The predicted molar refractivity (Wildman–Crippen MR) is 199 cm³/mol. The fraction of sp³-hybridized carbons (Fsp3) is 0.854. The van der Waals surface area contributed by atoms with Crippen molar-refractivity contribution in [3.8, 4) is 0 Å². The van der Waals surface area contributed by atoms with E-state index in [1.165, 1.54) is 89.9 Å². The number of carbonyl (C=O) groups excluding carboxylic acids is 2. The molecule has 0 aliphatic heterocycles. The number of ether oxygens (including phenoxy) is 2. The van der Waals surface area contributed by atoms with Gasteiger partial charge in [0.1, 0.15) is 18.8 Å². The Kier molecular flexibility index (Phi) is 35.3. The van der Waals surface area contributed by atoms with Gasteiger partial charge >= 0.3 is 11.9 Å². The van der Waals surface area contributed by atoms with E-state index in [1.807, 2.05) is 0 Å². The second kappa shape index (κ2) is 36.6. The molecule has 0 fully saturated rings. The molecule has 0 aliphatic rings. The van der Waals surface area contributed by atoms with Crippen molar-refractivity contribution in [1.29, 1.82) is 0 Å². The summed E-state index contributed by atoms with van der Waals surface area (Å²) >= 11 is 0. The molecule has 282 valence electrons. The van der Waals surface area contributed by atoms with E-state index >= 15 is 0 Å². The number of hydrogen-bond acceptors (Lipinski definition) is 7. The zero-order chi connectivity index (χ0) is 35.3. The summed E-state index contributed by atoms with van der Waals surface area (Å²) in [5, 5.41) is 29.5. The highest BCUT2D eigenvalue weighted by Crippen LogP contribution is 2.14. The maximum absolute atomic E-state index is 12.4. The molecule has 0 heterocycles. The second-order valence-electron chi connectivity index (χ2n) is 13.6. The summed E-state index contributed by atoms with van der Waals surface area (Å²) in [7, 11) is 0. The first-order valence-electron chi connectivity index (χ1n) is 20.1. The van der Waals surface area contributed by atoms with E-state index in [1.54, 1.807) is 0 Å². The molecule has 0 aromatic carbocycles. The number of carbonyl (C=O) groups is 2. The van der Waals surface area contributed by atoms with Gasteiger partial charge < -0.3 is 24.8 Å². The summed E-state index contributed by atoms with van der Waals surface area (Å²) in [6.07, 6.45) is 35.9. The molecule has 0 saturated heterocycles. The van der Waals surface area contributed by atoms with Gasteiger partial charge in [0, 0.05) is 12.8 Å². The van der Waals surface area contributed by atoms with Crippen molar-refractivity contribution >= 4 is 11.9 Å². The molecule has 3 N–H and O–H groups in total. The Morgan fingerprint density at radius 1 is 0.521 bits per heavy atom. The van der Waals surface area contributed by atoms with Crippen LogP contribution >= 0.6 is 0 Å². The van der Waals surface area contributed by atoms with Crippen LogP contribution in [-0.2, 0) is 19.1 Å². The lowest BCUT2D eigenvalue weighted by molar-refractivity contribution is -0.173. The van der Waals surface area contributed by atoms with E-state index in [4.69, 9.17) is 9.47 Å². The Balaban J connectivity index is 4.00. The summed E-state index contributed by atoms with van der Waals surface area (Å²) in [4.78, 5) is 24.7. The molecule has 0 bridgehead atoms. The second-order valence-corrected chi connectivity index (χ2v) is 13.6. The number of rotatable bonds is 36. The predicted octanol–water partition coefficient (Wildman–Crippen LogP) is 10.2. The molecule has 0 aromatic heterocycles. The van der Waals surface area contributed by atoms with Gasteiger partial charge in [-0.15, -0.1) is 0 Å². The maximum Gasteiger partial charge on any atom is 0.306 e. The molecule has 0 aliphatic carbocycles.